The van der Waals surface area contributed by atoms with Crippen molar-refractivity contribution in [3.63, 3.8) is 0 Å². The van der Waals surface area contributed by atoms with Crippen LogP contribution in [0.5, 0.6) is 0 Å². The van der Waals surface area contributed by atoms with E-state index in [4.69, 9.17) is 9.98 Å². The number of amidine groups is 2. The highest BCUT2D eigenvalue weighted by molar-refractivity contribution is 6.25. The number of nitrogens with one attached hydrogen (secondary N) is 1. The van der Waals surface area contributed by atoms with Crippen molar-refractivity contribution < 1.29 is 0 Å². The Morgan fingerprint density at radius 2 is 1.35 bits per heavy atom. The summed E-state index contributed by atoms with van der Waals surface area (Å²) in [7, 11) is 0. The smallest absolute Gasteiger partial charge is 0.157 e. The SMILES string of the molecule is C1=CC=C(C2CNC(c3ccc4c(c3)c3c5ccccc5c(-c5ccc(C6=CC=CCC6)cc5)cc3n4-c3ccccc3)=NC(c3ccccc3)=N2)CC=C1. The van der Waals surface area contributed by atoms with E-state index in [-0.39, 0.29) is 6.04 Å². The van der Waals surface area contributed by atoms with Crippen LogP contribution in [0, 0.1) is 0 Å². The number of nitrogens with zero attached hydrogens (tertiary/aromatic N) is 3. The number of aliphatic imine (C=N–C) groups is 2. The van der Waals surface area contributed by atoms with Crippen LogP contribution in [0.25, 0.3) is 55.0 Å². The second-order valence-corrected chi connectivity index (χ2v) is 14.4. The molecule has 0 fully saturated rings. The maximum atomic E-state index is 5.27. The predicted octanol–water partition coefficient (Wildman–Crippen LogP) is 11.9. The highest BCUT2D eigenvalue weighted by Gasteiger charge is 2.23. The van der Waals surface area contributed by atoms with Gasteiger partial charge in [-0.1, -0.05) is 146 Å². The number of hydrogen-bond donors (Lipinski definition) is 1. The van der Waals surface area contributed by atoms with Gasteiger partial charge in [0.1, 0.15) is 5.84 Å². The van der Waals surface area contributed by atoms with Crippen LogP contribution in [-0.2, 0) is 0 Å². The van der Waals surface area contributed by atoms with Gasteiger partial charge < -0.3 is 9.88 Å². The minimum atomic E-state index is -0.0414. The Labute approximate surface area is 321 Å². The standard InChI is InChI=1S/C51H40N4/c1-2-7-19-38(18-6-1)46-34-52-50(54-51(53-46)39-20-10-4-11-21-39)40-30-31-47-45(32-40)49-43-25-15-14-24-42(43)44(33-48(49)55(47)41-22-12-5-13-23-41)37-28-26-36(27-29-37)35-16-8-3-9-17-35/h1-8,10-16,18,20-33,46H,9,17,19,34H2,(H,52,53,54). The van der Waals surface area contributed by atoms with Gasteiger partial charge in [-0.15, -0.1) is 0 Å². The molecule has 3 aliphatic rings. The third-order valence-corrected chi connectivity index (χ3v) is 11.1. The molecule has 1 aliphatic heterocycles. The number of rotatable bonds is 6. The number of benzene rings is 6. The molecule has 6 aromatic carbocycles. The fourth-order valence-corrected chi connectivity index (χ4v) is 8.34. The predicted molar refractivity (Wildman–Crippen MR) is 232 cm³/mol. The minimum absolute atomic E-state index is 0.0414. The molecule has 0 amide bonds. The van der Waals surface area contributed by atoms with Crippen molar-refractivity contribution in [1.29, 1.82) is 0 Å². The molecule has 0 radical (unpaired) electrons. The Kier molecular flexibility index (Phi) is 8.49. The Hall–Kier alpha value is -6.78. The summed E-state index contributed by atoms with van der Waals surface area (Å²) in [5.41, 5.74) is 11.9. The van der Waals surface area contributed by atoms with Gasteiger partial charge in [0.15, 0.2) is 5.84 Å². The molecule has 1 aromatic heterocycles. The fourth-order valence-electron chi connectivity index (χ4n) is 8.34. The molecule has 0 saturated carbocycles. The molecular weight excluding hydrogens is 669 g/mol. The summed E-state index contributed by atoms with van der Waals surface area (Å²) in [6, 6.07) is 48.3. The van der Waals surface area contributed by atoms with Gasteiger partial charge in [0, 0.05) is 34.1 Å². The number of fused-ring (bicyclic) bond motifs is 5. The average molecular weight is 709 g/mol. The maximum absolute atomic E-state index is 5.27. The summed E-state index contributed by atoms with van der Waals surface area (Å²) in [4.78, 5) is 10.5. The van der Waals surface area contributed by atoms with Crippen LogP contribution in [0.4, 0.5) is 0 Å². The zero-order valence-electron chi connectivity index (χ0n) is 30.6. The molecule has 4 nitrogen and oxygen atoms in total. The van der Waals surface area contributed by atoms with Gasteiger partial charge in [-0.05, 0) is 94.3 Å². The lowest BCUT2D eigenvalue weighted by molar-refractivity contribution is 0.723. The lowest BCUT2D eigenvalue weighted by Crippen LogP contribution is -2.31. The Balaban J connectivity index is 1.15. The number of aromatic nitrogens is 1. The molecule has 7 aromatic rings. The van der Waals surface area contributed by atoms with Crippen molar-refractivity contribution in [3.05, 3.63) is 204 Å². The first-order valence-corrected chi connectivity index (χ1v) is 19.3. The van der Waals surface area contributed by atoms with Crippen LogP contribution in [0.3, 0.4) is 0 Å². The highest BCUT2D eigenvalue weighted by Crippen LogP contribution is 2.42. The molecule has 1 atom stereocenters. The van der Waals surface area contributed by atoms with E-state index >= 15 is 0 Å². The second-order valence-electron chi connectivity index (χ2n) is 14.4. The third kappa shape index (κ3) is 6.16. The summed E-state index contributed by atoms with van der Waals surface area (Å²) in [5, 5.41) is 8.65. The van der Waals surface area contributed by atoms with Crippen LogP contribution in [0.15, 0.2) is 198 Å². The summed E-state index contributed by atoms with van der Waals surface area (Å²) in [5.74, 6) is 1.57. The molecule has 2 heterocycles. The molecule has 0 saturated heterocycles. The molecular formula is C51H40N4. The van der Waals surface area contributed by atoms with E-state index in [1.807, 2.05) is 6.07 Å². The number of para-hydroxylation sites is 1. The minimum Gasteiger partial charge on any atom is -0.367 e. The Bertz CT molecular complexity index is 2810. The van der Waals surface area contributed by atoms with Crippen molar-refractivity contribution in [3.8, 4) is 16.8 Å². The van der Waals surface area contributed by atoms with Crippen molar-refractivity contribution in [2.24, 2.45) is 9.98 Å². The Morgan fingerprint density at radius 1 is 0.582 bits per heavy atom. The van der Waals surface area contributed by atoms with E-state index < -0.39 is 0 Å². The van der Waals surface area contributed by atoms with Crippen molar-refractivity contribution in [2.75, 3.05) is 6.54 Å². The van der Waals surface area contributed by atoms with Gasteiger partial charge in [0.2, 0.25) is 0 Å². The van der Waals surface area contributed by atoms with E-state index in [1.54, 1.807) is 0 Å². The molecule has 1 N–H and O–H groups in total. The van der Waals surface area contributed by atoms with Crippen LogP contribution in [0.2, 0.25) is 0 Å². The third-order valence-electron chi connectivity index (χ3n) is 11.1. The van der Waals surface area contributed by atoms with Gasteiger partial charge in [0.05, 0.1) is 17.1 Å². The van der Waals surface area contributed by atoms with Gasteiger partial charge in [0.25, 0.3) is 0 Å². The van der Waals surface area contributed by atoms with E-state index in [0.717, 1.165) is 53.3 Å². The van der Waals surface area contributed by atoms with E-state index in [0.29, 0.717) is 6.54 Å². The number of hydrogen-bond acceptors (Lipinski definition) is 3. The van der Waals surface area contributed by atoms with Crippen LogP contribution >= 0.6 is 0 Å². The molecule has 0 spiro atoms. The first kappa shape index (κ1) is 32.8. The Morgan fingerprint density at radius 3 is 2.16 bits per heavy atom. The fraction of sp³-hybridized carbons (Fsp3) is 0.0980. The zero-order valence-corrected chi connectivity index (χ0v) is 30.6. The normalized spacial score (nSPS) is 17.0. The largest absolute Gasteiger partial charge is 0.367 e. The van der Waals surface area contributed by atoms with Crippen LogP contribution in [-0.4, -0.2) is 28.8 Å². The average Bonchev–Trinajstić information content (AvgIpc) is 3.45. The van der Waals surface area contributed by atoms with Gasteiger partial charge in [-0.2, -0.15) is 0 Å². The topological polar surface area (TPSA) is 41.7 Å². The monoisotopic (exact) mass is 708 g/mol. The quantitative estimate of drug-likeness (QED) is 0.184. The summed E-state index contributed by atoms with van der Waals surface area (Å²) >= 11 is 0. The molecule has 1 unspecified atom stereocenters. The van der Waals surface area contributed by atoms with E-state index in [9.17, 15) is 0 Å². The van der Waals surface area contributed by atoms with Crippen LogP contribution < -0.4 is 5.32 Å². The molecule has 55 heavy (non-hydrogen) atoms. The maximum Gasteiger partial charge on any atom is 0.157 e. The van der Waals surface area contributed by atoms with Gasteiger partial charge in [-0.3, -0.25) is 4.99 Å². The van der Waals surface area contributed by atoms with E-state index in [2.05, 4.69) is 186 Å². The summed E-state index contributed by atoms with van der Waals surface area (Å²) < 4.78 is 2.42. The zero-order chi connectivity index (χ0) is 36.6. The van der Waals surface area contributed by atoms with Crippen molar-refractivity contribution in [1.82, 2.24) is 9.88 Å². The van der Waals surface area contributed by atoms with Crippen molar-refractivity contribution in [2.45, 2.75) is 25.3 Å². The van der Waals surface area contributed by atoms with E-state index in [1.165, 1.54) is 54.9 Å². The van der Waals surface area contributed by atoms with Crippen LogP contribution in [0.1, 0.15) is 36.0 Å². The second kappa shape index (κ2) is 14.2. The van der Waals surface area contributed by atoms with Gasteiger partial charge in [-0.25, -0.2) is 4.99 Å². The lowest BCUT2D eigenvalue weighted by Gasteiger charge is -2.15. The first-order chi connectivity index (χ1) is 27.3. The molecule has 2 aliphatic carbocycles. The summed E-state index contributed by atoms with van der Waals surface area (Å²) in [6.07, 6.45) is 20.4. The van der Waals surface area contributed by atoms with Gasteiger partial charge >= 0.3 is 0 Å². The molecule has 10 rings (SSSR count). The summed E-state index contributed by atoms with van der Waals surface area (Å²) in [6.45, 7) is 0.658. The molecule has 0 bridgehead atoms. The lowest BCUT2D eigenvalue weighted by atomic mass is 9.92. The first-order valence-electron chi connectivity index (χ1n) is 19.3. The molecule has 264 valence electrons. The number of allylic oxidation sites excluding steroid dienone is 9. The highest BCUT2D eigenvalue weighted by atomic mass is 15.1. The molecule has 4 heteroatoms. The van der Waals surface area contributed by atoms with Crippen molar-refractivity contribution >= 4 is 49.8 Å².